The summed E-state index contributed by atoms with van der Waals surface area (Å²) in [7, 11) is 0. The van der Waals surface area contributed by atoms with Crippen LogP contribution in [0, 0.1) is 13.8 Å². The lowest BCUT2D eigenvalue weighted by atomic mass is 10.1. The molecule has 0 atom stereocenters. The van der Waals surface area contributed by atoms with Crippen molar-refractivity contribution in [3.05, 3.63) is 58.7 Å². The Balaban J connectivity index is 2.17. The van der Waals surface area contributed by atoms with Gasteiger partial charge in [-0.3, -0.25) is 0 Å². The monoisotopic (exact) mass is 341 g/mol. The number of phenols is 2. The summed E-state index contributed by atoms with van der Waals surface area (Å²) in [6.45, 7) is 3.88. The fourth-order valence-electron chi connectivity index (χ4n) is 1.94. The minimum absolute atomic E-state index is 0.151. The molecule has 0 saturated carbocycles. The van der Waals surface area contributed by atoms with Crippen molar-refractivity contribution in [3.8, 4) is 11.5 Å². The number of benzene rings is 2. The van der Waals surface area contributed by atoms with Gasteiger partial charge in [-0.05, 0) is 44.4 Å². The Morgan fingerprint density at radius 1 is 0.917 bits per heavy atom. The van der Waals surface area contributed by atoms with Gasteiger partial charge in [0.2, 0.25) is 5.17 Å². The Labute approximate surface area is 145 Å². The zero-order valence-electron chi connectivity index (χ0n) is 13.8. The molecule has 0 radical (unpaired) electrons. The maximum absolute atomic E-state index is 9.81. The summed E-state index contributed by atoms with van der Waals surface area (Å²) >= 11 is 1.34. The molecule has 0 heterocycles. The van der Waals surface area contributed by atoms with Gasteiger partial charge in [0.05, 0.1) is 6.21 Å². The van der Waals surface area contributed by atoms with Crippen molar-refractivity contribution >= 4 is 29.4 Å². The molecule has 0 unspecified atom stereocenters. The molecule has 0 aliphatic rings. The highest BCUT2D eigenvalue weighted by molar-refractivity contribution is 8.13. The van der Waals surface area contributed by atoms with Gasteiger partial charge in [0, 0.05) is 17.3 Å². The fourth-order valence-corrected chi connectivity index (χ4v) is 2.23. The van der Waals surface area contributed by atoms with Gasteiger partial charge >= 0.3 is 0 Å². The van der Waals surface area contributed by atoms with Gasteiger partial charge < -0.3 is 10.2 Å². The van der Waals surface area contributed by atoms with E-state index in [2.05, 4.69) is 15.2 Å². The molecule has 0 aliphatic carbocycles. The Morgan fingerprint density at radius 2 is 1.46 bits per heavy atom. The van der Waals surface area contributed by atoms with Gasteiger partial charge in [0.1, 0.15) is 11.5 Å². The predicted octanol–water partition coefficient (Wildman–Crippen LogP) is 3.89. The van der Waals surface area contributed by atoms with Gasteiger partial charge in [-0.15, -0.1) is 5.10 Å². The molecule has 6 heteroatoms. The number of aliphatic imine (C=N–C) groups is 1. The van der Waals surface area contributed by atoms with E-state index in [4.69, 9.17) is 0 Å². The summed E-state index contributed by atoms with van der Waals surface area (Å²) in [4.78, 5) is 4.24. The zero-order valence-corrected chi connectivity index (χ0v) is 14.6. The van der Waals surface area contributed by atoms with E-state index in [9.17, 15) is 10.2 Å². The van der Waals surface area contributed by atoms with E-state index in [-0.39, 0.29) is 11.5 Å². The molecule has 0 aromatic heterocycles. The Bertz CT molecular complexity index is 814. The largest absolute Gasteiger partial charge is 0.507 e. The average molecular weight is 341 g/mol. The highest BCUT2D eigenvalue weighted by Crippen LogP contribution is 2.17. The molecule has 2 aromatic carbocycles. The van der Waals surface area contributed by atoms with Gasteiger partial charge in [-0.1, -0.05) is 35.0 Å². The van der Waals surface area contributed by atoms with E-state index in [0.717, 1.165) is 11.1 Å². The summed E-state index contributed by atoms with van der Waals surface area (Å²) in [5.41, 5.74) is 3.28. The highest BCUT2D eigenvalue weighted by Gasteiger charge is 2.00. The minimum Gasteiger partial charge on any atom is -0.507 e. The first kappa shape index (κ1) is 17.7. The van der Waals surface area contributed by atoms with Crippen LogP contribution in [0.5, 0.6) is 11.5 Å². The van der Waals surface area contributed by atoms with Crippen LogP contribution in [0.2, 0.25) is 0 Å². The zero-order chi connectivity index (χ0) is 17.5. The first-order valence-corrected chi connectivity index (χ1v) is 8.50. The van der Waals surface area contributed by atoms with E-state index < -0.39 is 0 Å². The number of hydrogen-bond acceptors (Lipinski definition) is 5. The van der Waals surface area contributed by atoms with Crippen LogP contribution in [0.1, 0.15) is 22.3 Å². The molecule has 0 amide bonds. The van der Waals surface area contributed by atoms with E-state index in [1.165, 1.54) is 18.0 Å². The van der Waals surface area contributed by atoms with Crippen molar-refractivity contribution in [1.29, 1.82) is 0 Å². The number of thioether (sulfide) groups is 1. The normalized spacial score (nSPS) is 12.4. The summed E-state index contributed by atoms with van der Waals surface area (Å²) in [6.07, 6.45) is 4.88. The molecule has 5 nitrogen and oxygen atoms in total. The average Bonchev–Trinajstić information content (AvgIpc) is 2.56. The number of hydrogen-bond donors (Lipinski definition) is 2. The highest BCUT2D eigenvalue weighted by atomic mass is 32.2. The number of nitrogens with zero attached hydrogens (tertiary/aromatic N) is 3. The number of phenolic OH excluding ortho intramolecular Hbond substituents is 2. The molecule has 124 valence electrons. The van der Waals surface area contributed by atoms with Crippen LogP contribution in [0.4, 0.5) is 0 Å². The van der Waals surface area contributed by atoms with Gasteiger partial charge in [0.15, 0.2) is 0 Å². The third-order valence-electron chi connectivity index (χ3n) is 3.20. The third kappa shape index (κ3) is 4.96. The molecular formula is C18H19N3O2S. The lowest BCUT2D eigenvalue weighted by molar-refractivity contribution is 0.474. The van der Waals surface area contributed by atoms with Crippen LogP contribution in [0.3, 0.4) is 0 Å². The Morgan fingerprint density at radius 3 is 2.00 bits per heavy atom. The molecule has 2 rings (SSSR count). The second kappa shape index (κ2) is 8.31. The predicted molar refractivity (Wildman–Crippen MR) is 102 cm³/mol. The van der Waals surface area contributed by atoms with E-state index in [1.807, 2.05) is 44.4 Å². The number of aryl methyl sites for hydroxylation is 2. The molecule has 0 spiro atoms. The van der Waals surface area contributed by atoms with Crippen LogP contribution in [0.15, 0.2) is 51.6 Å². The summed E-state index contributed by atoms with van der Waals surface area (Å²) in [5.74, 6) is 0.316. The number of amidine groups is 1. The summed E-state index contributed by atoms with van der Waals surface area (Å²) < 4.78 is 0. The lowest BCUT2D eigenvalue weighted by Gasteiger charge is -2.00. The molecule has 0 saturated heterocycles. The molecule has 2 aromatic rings. The van der Waals surface area contributed by atoms with Crippen LogP contribution < -0.4 is 0 Å². The summed E-state index contributed by atoms with van der Waals surface area (Å²) in [6, 6.07) is 10.6. The summed E-state index contributed by atoms with van der Waals surface area (Å²) in [5, 5.41) is 28.0. The molecule has 0 bridgehead atoms. The lowest BCUT2D eigenvalue weighted by Crippen LogP contribution is -1.90. The van der Waals surface area contributed by atoms with E-state index in [1.54, 1.807) is 18.3 Å². The van der Waals surface area contributed by atoms with Gasteiger partial charge in [0.25, 0.3) is 0 Å². The van der Waals surface area contributed by atoms with Crippen molar-refractivity contribution < 1.29 is 10.2 Å². The SMILES string of the molecule is CSC(=N\N=C\c1cc(C)ccc1O)/N=C/c1cc(C)ccc1O. The first-order chi connectivity index (χ1) is 11.5. The number of aromatic hydroxyl groups is 2. The smallest absolute Gasteiger partial charge is 0.208 e. The quantitative estimate of drug-likeness (QED) is 0.505. The number of rotatable bonds is 3. The Kier molecular flexibility index (Phi) is 6.14. The molecule has 0 fully saturated rings. The second-order valence-corrected chi connectivity index (χ2v) is 5.99. The van der Waals surface area contributed by atoms with E-state index in [0.29, 0.717) is 16.3 Å². The first-order valence-electron chi connectivity index (χ1n) is 7.28. The Hall–Kier alpha value is -2.60. The maximum Gasteiger partial charge on any atom is 0.208 e. The van der Waals surface area contributed by atoms with Gasteiger partial charge in [-0.25, -0.2) is 4.99 Å². The van der Waals surface area contributed by atoms with Crippen LogP contribution in [-0.2, 0) is 0 Å². The minimum atomic E-state index is 0.151. The van der Waals surface area contributed by atoms with Crippen LogP contribution in [0.25, 0.3) is 0 Å². The molecule has 0 aliphatic heterocycles. The standard InChI is InChI=1S/C18H19N3O2S/c1-12-4-6-16(22)14(8-12)10-19-18(24-3)21-20-11-15-9-13(2)5-7-17(15)23/h4-11,22-23H,1-3H3/b19-10+,20-11+,21-18-. The maximum atomic E-state index is 9.81. The van der Waals surface area contributed by atoms with Crippen LogP contribution in [-0.4, -0.2) is 34.1 Å². The van der Waals surface area contributed by atoms with E-state index >= 15 is 0 Å². The van der Waals surface area contributed by atoms with Crippen molar-refractivity contribution in [2.24, 2.45) is 15.2 Å². The van der Waals surface area contributed by atoms with Crippen molar-refractivity contribution in [3.63, 3.8) is 0 Å². The molecular weight excluding hydrogens is 322 g/mol. The van der Waals surface area contributed by atoms with Gasteiger partial charge in [-0.2, -0.15) is 5.10 Å². The third-order valence-corrected chi connectivity index (χ3v) is 3.76. The molecule has 2 N–H and O–H groups in total. The molecule has 24 heavy (non-hydrogen) atoms. The van der Waals surface area contributed by atoms with Crippen molar-refractivity contribution in [1.82, 2.24) is 0 Å². The second-order valence-electron chi connectivity index (χ2n) is 5.21. The van der Waals surface area contributed by atoms with Crippen molar-refractivity contribution in [2.45, 2.75) is 13.8 Å². The fraction of sp³-hybridized carbons (Fsp3) is 0.167. The topological polar surface area (TPSA) is 77.5 Å². The van der Waals surface area contributed by atoms with Crippen molar-refractivity contribution in [2.75, 3.05) is 6.26 Å². The van der Waals surface area contributed by atoms with Crippen LogP contribution >= 0.6 is 11.8 Å².